The number of benzene rings is 5. The topological polar surface area (TPSA) is 45.6 Å². The Morgan fingerprint density at radius 2 is 1.29 bits per heavy atom. The van der Waals surface area contributed by atoms with Crippen molar-refractivity contribution in [1.82, 2.24) is 4.57 Å². The molecule has 2 amide bonds. The smallest absolute Gasteiger partial charge is 0.265 e. The summed E-state index contributed by atoms with van der Waals surface area (Å²) < 4.78 is 2.31. The Morgan fingerprint density at radius 3 is 2.12 bits per heavy atom. The van der Waals surface area contributed by atoms with Crippen molar-refractivity contribution in [2.45, 2.75) is 25.8 Å². The van der Waals surface area contributed by atoms with Crippen LogP contribution in [0, 0.1) is 0 Å². The zero-order valence-corrected chi connectivity index (χ0v) is 22.7. The number of amides is 2. The maximum atomic E-state index is 14.0. The summed E-state index contributed by atoms with van der Waals surface area (Å²) >= 11 is 0. The van der Waals surface area contributed by atoms with Crippen molar-refractivity contribution in [3.8, 4) is 0 Å². The summed E-state index contributed by atoms with van der Waals surface area (Å²) in [7, 11) is 0. The minimum atomic E-state index is -0.267. The fourth-order valence-corrected chi connectivity index (χ4v) is 6.84. The number of nitrogens with zero attached hydrogens (tertiary/aromatic N) is 3. The Kier molecular flexibility index (Phi) is 5.46. The first kappa shape index (κ1) is 23.9. The predicted octanol–water partition coefficient (Wildman–Crippen LogP) is 7.79. The summed E-state index contributed by atoms with van der Waals surface area (Å²) in [6.45, 7) is 2.75. The first-order valence-electron chi connectivity index (χ1n) is 14.4. The number of carbonyl (C=O) groups is 2. The number of para-hydroxylation sites is 1. The molecule has 1 fully saturated rings. The third-order valence-electron chi connectivity index (χ3n) is 8.78. The van der Waals surface area contributed by atoms with Crippen molar-refractivity contribution in [3.63, 3.8) is 0 Å². The highest BCUT2D eigenvalue weighted by molar-refractivity contribution is 6.36. The molecular formula is C36H29N3O2. The van der Waals surface area contributed by atoms with Gasteiger partial charge in [-0.1, -0.05) is 60.7 Å². The van der Waals surface area contributed by atoms with Crippen molar-refractivity contribution in [1.29, 1.82) is 0 Å². The molecule has 0 saturated carbocycles. The van der Waals surface area contributed by atoms with Crippen molar-refractivity contribution in [3.05, 3.63) is 120 Å². The van der Waals surface area contributed by atoms with E-state index in [1.165, 1.54) is 29.7 Å². The molecule has 5 aromatic carbocycles. The van der Waals surface area contributed by atoms with Gasteiger partial charge in [-0.05, 0) is 67.3 Å². The summed E-state index contributed by atoms with van der Waals surface area (Å²) in [4.78, 5) is 31.8. The van der Waals surface area contributed by atoms with Crippen LogP contribution in [0.3, 0.4) is 0 Å². The molecular weight excluding hydrogens is 506 g/mol. The lowest BCUT2D eigenvalue weighted by Gasteiger charge is -2.32. The van der Waals surface area contributed by atoms with E-state index in [0.29, 0.717) is 16.8 Å². The van der Waals surface area contributed by atoms with Gasteiger partial charge in [0.25, 0.3) is 11.8 Å². The number of hydrogen-bond donors (Lipinski definition) is 0. The molecule has 1 aromatic heterocycles. The van der Waals surface area contributed by atoms with Crippen LogP contribution < -0.4 is 9.80 Å². The third-order valence-corrected chi connectivity index (χ3v) is 8.78. The monoisotopic (exact) mass is 535 g/mol. The van der Waals surface area contributed by atoms with Gasteiger partial charge in [0, 0.05) is 69.0 Å². The molecule has 0 atom stereocenters. The molecule has 6 aromatic rings. The van der Waals surface area contributed by atoms with Crippen molar-refractivity contribution >= 4 is 55.8 Å². The van der Waals surface area contributed by atoms with Gasteiger partial charge in [0.15, 0.2) is 0 Å². The molecule has 8 rings (SSSR count). The van der Waals surface area contributed by atoms with Crippen LogP contribution in [0.2, 0.25) is 0 Å². The average molecular weight is 536 g/mol. The first-order valence-corrected chi connectivity index (χ1v) is 14.4. The number of fused-ring (bicyclic) bond motifs is 3. The summed E-state index contributed by atoms with van der Waals surface area (Å²) in [6.07, 6.45) is 3.58. The molecule has 41 heavy (non-hydrogen) atoms. The average Bonchev–Trinajstić information content (AvgIpc) is 3.33. The number of carbonyl (C=O) groups excluding carboxylic acids is 2. The van der Waals surface area contributed by atoms with E-state index in [1.54, 1.807) is 0 Å². The minimum Gasteiger partial charge on any atom is -0.371 e. The van der Waals surface area contributed by atoms with Gasteiger partial charge in [-0.15, -0.1) is 0 Å². The second-order valence-electron chi connectivity index (χ2n) is 11.1. The molecule has 2 aliphatic heterocycles. The van der Waals surface area contributed by atoms with Crippen LogP contribution in [-0.2, 0) is 6.54 Å². The van der Waals surface area contributed by atoms with Crippen molar-refractivity contribution < 1.29 is 9.59 Å². The number of piperidine rings is 1. The van der Waals surface area contributed by atoms with E-state index < -0.39 is 0 Å². The molecule has 0 aliphatic carbocycles. The highest BCUT2D eigenvalue weighted by atomic mass is 16.2. The molecule has 5 nitrogen and oxygen atoms in total. The Bertz CT molecular complexity index is 1980. The summed E-state index contributed by atoms with van der Waals surface area (Å²) in [5.74, 6) is -0.535. The van der Waals surface area contributed by atoms with Gasteiger partial charge >= 0.3 is 0 Å². The minimum absolute atomic E-state index is 0.267. The number of imide groups is 1. The van der Waals surface area contributed by atoms with E-state index in [2.05, 4.69) is 64.1 Å². The number of rotatable bonds is 4. The largest absolute Gasteiger partial charge is 0.371 e. The van der Waals surface area contributed by atoms with Crippen molar-refractivity contribution in [2.24, 2.45) is 0 Å². The number of hydrogen-bond acceptors (Lipinski definition) is 3. The van der Waals surface area contributed by atoms with Crippen LogP contribution in [0.5, 0.6) is 0 Å². The normalized spacial score (nSPS) is 15.4. The van der Waals surface area contributed by atoms with Crippen LogP contribution in [0.1, 0.15) is 45.5 Å². The van der Waals surface area contributed by atoms with Crippen LogP contribution in [0.25, 0.3) is 32.6 Å². The Balaban J connectivity index is 1.25. The quantitative estimate of drug-likeness (QED) is 0.217. The Morgan fingerprint density at radius 1 is 0.585 bits per heavy atom. The molecule has 0 radical (unpaired) electrons. The lowest BCUT2D eigenvalue weighted by molar-refractivity contribution is 0.0893. The first-order chi connectivity index (χ1) is 20.2. The van der Waals surface area contributed by atoms with Gasteiger partial charge < -0.3 is 9.47 Å². The van der Waals surface area contributed by atoms with Crippen LogP contribution >= 0.6 is 0 Å². The van der Waals surface area contributed by atoms with E-state index in [9.17, 15) is 9.59 Å². The van der Waals surface area contributed by atoms with Gasteiger partial charge in [-0.25, -0.2) is 4.90 Å². The van der Waals surface area contributed by atoms with Crippen LogP contribution in [0.15, 0.2) is 103 Å². The van der Waals surface area contributed by atoms with E-state index in [0.717, 1.165) is 57.9 Å². The van der Waals surface area contributed by atoms with Crippen molar-refractivity contribution in [2.75, 3.05) is 22.9 Å². The predicted molar refractivity (Wildman–Crippen MR) is 166 cm³/mol. The zero-order chi connectivity index (χ0) is 27.5. The molecule has 0 unspecified atom stereocenters. The Hall–Kier alpha value is -4.90. The van der Waals surface area contributed by atoms with Gasteiger partial charge in [0.05, 0.1) is 5.69 Å². The molecule has 0 bridgehead atoms. The molecule has 5 heteroatoms. The zero-order valence-electron chi connectivity index (χ0n) is 22.7. The van der Waals surface area contributed by atoms with E-state index in [1.807, 2.05) is 48.5 Å². The maximum Gasteiger partial charge on any atom is 0.265 e. The molecule has 200 valence electrons. The SMILES string of the molecule is O=C1c2cccc3c(N4CCCCC4)ccc(c23)C(=O)N1c1ccc2c(c1)c1ccccc1n2Cc1ccccc1. The van der Waals surface area contributed by atoms with E-state index in [4.69, 9.17) is 0 Å². The molecule has 2 aliphatic rings. The Labute approximate surface area is 238 Å². The molecule has 1 saturated heterocycles. The van der Waals surface area contributed by atoms with Crippen LogP contribution in [0.4, 0.5) is 11.4 Å². The number of anilines is 2. The summed E-state index contributed by atoms with van der Waals surface area (Å²) in [5, 5.41) is 3.90. The van der Waals surface area contributed by atoms with E-state index >= 15 is 0 Å². The second-order valence-corrected chi connectivity index (χ2v) is 11.1. The van der Waals surface area contributed by atoms with Gasteiger partial charge in [0.2, 0.25) is 0 Å². The van der Waals surface area contributed by atoms with Crippen LogP contribution in [-0.4, -0.2) is 29.5 Å². The highest BCUT2D eigenvalue weighted by Crippen LogP contribution is 2.40. The molecule has 3 heterocycles. The van der Waals surface area contributed by atoms with Gasteiger partial charge in [-0.2, -0.15) is 0 Å². The lowest BCUT2D eigenvalue weighted by atomic mass is 9.92. The summed E-state index contributed by atoms with van der Waals surface area (Å²) in [5.41, 5.74) is 6.30. The summed E-state index contributed by atoms with van der Waals surface area (Å²) in [6, 6.07) is 34.5. The van der Waals surface area contributed by atoms with Gasteiger partial charge in [-0.3, -0.25) is 9.59 Å². The molecule has 0 spiro atoms. The number of aromatic nitrogens is 1. The highest BCUT2D eigenvalue weighted by Gasteiger charge is 2.35. The van der Waals surface area contributed by atoms with E-state index in [-0.39, 0.29) is 11.8 Å². The fraction of sp³-hybridized carbons (Fsp3) is 0.167. The second kappa shape index (κ2) is 9.34. The third kappa shape index (κ3) is 3.69. The standard InChI is InChI=1S/C36H29N3O2/c40-35-28-14-9-13-27-31(37-20-7-2-8-21-37)19-17-29(34(27)28)36(41)39(35)25-16-18-33-30(22-25)26-12-5-6-15-32(26)38(33)23-24-10-3-1-4-11-24/h1,3-6,9-19,22H,2,7-8,20-21,23H2. The fourth-order valence-electron chi connectivity index (χ4n) is 6.84. The molecule has 0 N–H and O–H groups in total. The maximum absolute atomic E-state index is 14.0. The lowest BCUT2D eigenvalue weighted by Crippen LogP contribution is -2.40. The van der Waals surface area contributed by atoms with Gasteiger partial charge in [0.1, 0.15) is 0 Å².